The van der Waals surface area contributed by atoms with E-state index in [-0.39, 0.29) is 42.9 Å². The van der Waals surface area contributed by atoms with E-state index in [9.17, 15) is 14.4 Å². The number of hydrogen-bond donors (Lipinski definition) is 3. The van der Waals surface area contributed by atoms with Crippen molar-refractivity contribution >= 4 is 35.2 Å². The molecule has 44 heavy (non-hydrogen) atoms. The van der Waals surface area contributed by atoms with Gasteiger partial charge in [0.2, 0.25) is 17.8 Å². The Labute approximate surface area is 260 Å². The van der Waals surface area contributed by atoms with Crippen LogP contribution in [-0.4, -0.2) is 72.6 Å². The fourth-order valence-corrected chi connectivity index (χ4v) is 5.73. The van der Waals surface area contributed by atoms with Crippen LogP contribution in [0.3, 0.4) is 0 Å². The number of rotatable bonds is 13. The number of carbonyl (C=O) groups is 3. The van der Waals surface area contributed by atoms with Crippen molar-refractivity contribution in [3.8, 4) is 5.75 Å². The number of guanidine groups is 1. The maximum Gasteiger partial charge on any atom is 0.413 e. The molecule has 4 rings (SSSR count). The van der Waals surface area contributed by atoms with Crippen LogP contribution in [0.4, 0.5) is 16.2 Å². The summed E-state index contributed by atoms with van der Waals surface area (Å²) in [5.41, 5.74) is 9.62. The highest BCUT2D eigenvalue weighted by Gasteiger charge is 2.30. The third-order valence-electron chi connectivity index (χ3n) is 7.82. The average Bonchev–Trinajstić information content (AvgIpc) is 2.99. The first kappa shape index (κ1) is 32.6. The van der Waals surface area contributed by atoms with E-state index in [1.165, 1.54) is 5.56 Å². The van der Waals surface area contributed by atoms with Crippen molar-refractivity contribution in [3.05, 3.63) is 53.6 Å². The summed E-state index contributed by atoms with van der Waals surface area (Å²) in [6.07, 6.45) is 2.40. The molecule has 11 nitrogen and oxygen atoms in total. The van der Waals surface area contributed by atoms with Crippen LogP contribution in [0.1, 0.15) is 58.1 Å². The van der Waals surface area contributed by atoms with Crippen LogP contribution in [0.15, 0.2) is 47.5 Å². The highest BCUT2D eigenvalue weighted by atomic mass is 16.5. The third-order valence-corrected chi connectivity index (χ3v) is 7.82. The van der Waals surface area contributed by atoms with E-state index in [0.29, 0.717) is 50.0 Å². The van der Waals surface area contributed by atoms with E-state index < -0.39 is 6.09 Å². The summed E-state index contributed by atoms with van der Waals surface area (Å²) in [4.78, 5) is 46.3. The number of benzene rings is 2. The fraction of sp³-hybridized carbons (Fsp3) is 0.515. The molecular formula is C33H46N6O5. The Morgan fingerprint density at radius 3 is 2.68 bits per heavy atom. The number of fused-ring (bicyclic) bond motifs is 2. The first-order valence-electron chi connectivity index (χ1n) is 15.6. The number of aryl methyl sites for hydroxylation is 1. The van der Waals surface area contributed by atoms with E-state index in [1.54, 1.807) is 17.9 Å². The molecule has 0 saturated heterocycles. The summed E-state index contributed by atoms with van der Waals surface area (Å²) in [7, 11) is 0. The van der Waals surface area contributed by atoms with Gasteiger partial charge in [-0.3, -0.25) is 14.9 Å². The first-order valence-corrected chi connectivity index (χ1v) is 15.6. The zero-order valence-electron chi connectivity index (χ0n) is 26.3. The Morgan fingerprint density at radius 2 is 1.95 bits per heavy atom. The van der Waals surface area contributed by atoms with Crippen LogP contribution in [-0.2, 0) is 27.3 Å². The predicted octanol–water partition coefficient (Wildman–Crippen LogP) is 4.43. The van der Waals surface area contributed by atoms with Crippen molar-refractivity contribution in [2.45, 2.75) is 66.0 Å². The smallest absolute Gasteiger partial charge is 0.413 e. The Morgan fingerprint density at radius 1 is 1.16 bits per heavy atom. The van der Waals surface area contributed by atoms with E-state index >= 15 is 0 Å². The Balaban J connectivity index is 1.44. The minimum absolute atomic E-state index is 0.0257. The van der Waals surface area contributed by atoms with Crippen molar-refractivity contribution in [2.75, 3.05) is 38.2 Å². The number of aliphatic imine (C=N–C) groups is 1. The molecule has 2 atom stereocenters. The van der Waals surface area contributed by atoms with Gasteiger partial charge >= 0.3 is 6.09 Å². The molecule has 2 aliphatic rings. The standard InChI is InChI=1S/C33H46N6O5/c1-5-16-38(19-22(3)4)30(40)21-39-20-24-11-13-25(18-29(24)36-32(39)37-33(42)43-6-2)44-17-15-26(31(34)41)28-14-12-23-9-7-8-10-27(23)35-28/h7-11,13,18,22,26,28,35H,5-6,12,14-17,19-21H2,1-4H3,(H2,34,41)(H,36,37,42). The first-order chi connectivity index (χ1) is 21.2. The summed E-state index contributed by atoms with van der Waals surface area (Å²) >= 11 is 0. The number of amides is 3. The SMILES string of the molecule is CCCN(CC(C)C)C(=O)CN1Cc2ccc(OCCC(C(N)=O)C3CCc4ccccc4N3)cc2N=C1NC(=O)OCC. The highest BCUT2D eigenvalue weighted by Crippen LogP contribution is 2.32. The second-order valence-corrected chi connectivity index (χ2v) is 11.8. The van der Waals surface area contributed by atoms with Gasteiger partial charge in [-0.25, -0.2) is 9.79 Å². The van der Waals surface area contributed by atoms with E-state index in [0.717, 1.165) is 30.5 Å². The van der Waals surface area contributed by atoms with Gasteiger partial charge < -0.3 is 30.3 Å². The molecule has 2 aromatic carbocycles. The molecule has 0 radical (unpaired) electrons. The Bertz CT molecular complexity index is 1350. The van der Waals surface area contributed by atoms with Crippen LogP contribution in [0, 0.1) is 11.8 Å². The zero-order valence-corrected chi connectivity index (χ0v) is 26.3. The number of nitrogens with zero attached hydrogens (tertiary/aromatic N) is 3. The van der Waals surface area contributed by atoms with Crippen molar-refractivity contribution < 1.29 is 23.9 Å². The molecule has 0 aliphatic carbocycles. The molecule has 238 valence electrons. The van der Waals surface area contributed by atoms with Crippen LogP contribution in [0.5, 0.6) is 5.75 Å². The number of primary amides is 1. The van der Waals surface area contributed by atoms with Gasteiger partial charge in [-0.15, -0.1) is 0 Å². The molecule has 4 N–H and O–H groups in total. The lowest BCUT2D eigenvalue weighted by Gasteiger charge is -2.32. The van der Waals surface area contributed by atoms with Gasteiger partial charge in [-0.1, -0.05) is 45.0 Å². The Hall–Kier alpha value is -4.28. The monoisotopic (exact) mass is 606 g/mol. The van der Waals surface area contributed by atoms with Gasteiger partial charge in [0.05, 0.1) is 24.8 Å². The number of para-hydroxylation sites is 1. The summed E-state index contributed by atoms with van der Waals surface area (Å²) in [5, 5.41) is 6.19. The lowest BCUT2D eigenvalue weighted by atomic mass is 9.87. The molecular weight excluding hydrogens is 560 g/mol. The highest BCUT2D eigenvalue weighted by molar-refractivity contribution is 5.98. The normalized spacial score (nSPS) is 16.2. The zero-order chi connectivity index (χ0) is 31.6. The second-order valence-electron chi connectivity index (χ2n) is 11.8. The molecule has 3 amide bonds. The molecule has 11 heteroatoms. The lowest BCUT2D eigenvalue weighted by Crippen LogP contribution is -2.50. The summed E-state index contributed by atoms with van der Waals surface area (Å²) < 4.78 is 11.2. The number of carbonyl (C=O) groups excluding carboxylic acids is 3. The molecule has 0 bridgehead atoms. The maximum absolute atomic E-state index is 13.3. The molecule has 0 saturated carbocycles. The van der Waals surface area contributed by atoms with Crippen LogP contribution >= 0.6 is 0 Å². The van der Waals surface area contributed by atoms with Gasteiger partial charge in [0.25, 0.3) is 0 Å². The van der Waals surface area contributed by atoms with Crippen LogP contribution in [0.25, 0.3) is 0 Å². The second kappa shape index (κ2) is 15.4. The quantitative estimate of drug-likeness (QED) is 0.307. The lowest BCUT2D eigenvalue weighted by molar-refractivity contribution is -0.132. The summed E-state index contributed by atoms with van der Waals surface area (Å²) in [6, 6.07) is 13.6. The number of nitrogens with two attached hydrogens (primary N) is 1. The largest absolute Gasteiger partial charge is 0.493 e. The number of nitrogens with one attached hydrogen (secondary N) is 2. The molecule has 2 aliphatic heterocycles. The van der Waals surface area contributed by atoms with Gasteiger partial charge in [0, 0.05) is 37.4 Å². The average molecular weight is 607 g/mol. The fourth-order valence-electron chi connectivity index (χ4n) is 5.73. The van der Waals surface area contributed by atoms with Gasteiger partial charge in [0.1, 0.15) is 12.3 Å². The van der Waals surface area contributed by atoms with Gasteiger partial charge in [-0.2, -0.15) is 0 Å². The molecule has 2 aromatic rings. The van der Waals surface area contributed by atoms with Gasteiger partial charge in [-0.05, 0) is 61.8 Å². The Kier molecular flexibility index (Phi) is 11.5. The predicted molar refractivity (Wildman–Crippen MR) is 171 cm³/mol. The molecule has 0 fully saturated rings. The van der Waals surface area contributed by atoms with Crippen molar-refractivity contribution in [1.29, 1.82) is 0 Å². The molecule has 2 unspecified atom stereocenters. The van der Waals surface area contributed by atoms with Crippen molar-refractivity contribution in [3.63, 3.8) is 0 Å². The van der Waals surface area contributed by atoms with Crippen molar-refractivity contribution in [2.24, 2.45) is 22.6 Å². The topological polar surface area (TPSA) is 139 Å². The molecule has 2 heterocycles. The molecule has 0 spiro atoms. The summed E-state index contributed by atoms with van der Waals surface area (Å²) in [5.74, 6) is 0.417. The van der Waals surface area contributed by atoms with Gasteiger partial charge in [0.15, 0.2) is 0 Å². The molecule has 0 aromatic heterocycles. The minimum Gasteiger partial charge on any atom is -0.493 e. The van der Waals surface area contributed by atoms with E-state index in [4.69, 9.17) is 20.2 Å². The summed E-state index contributed by atoms with van der Waals surface area (Å²) in [6.45, 7) is 10.2. The van der Waals surface area contributed by atoms with E-state index in [1.807, 2.05) is 42.2 Å². The minimum atomic E-state index is -0.636. The van der Waals surface area contributed by atoms with E-state index in [2.05, 4.69) is 30.5 Å². The van der Waals surface area contributed by atoms with Crippen LogP contribution < -0.4 is 21.1 Å². The number of hydrogen-bond acceptors (Lipinski definition) is 8. The third kappa shape index (κ3) is 8.64. The van der Waals surface area contributed by atoms with Crippen LogP contribution in [0.2, 0.25) is 0 Å². The number of alkyl carbamates (subject to hydrolysis) is 1. The van der Waals surface area contributed by atoms with Crippen molar-refractivity contribution in [1.82, 2.24) is 15.1 Å². The maximum atomic E-state index is 13.3. The number of anilines is 1. The number of ether oxygens (including phenoxy) is 2.